The maximum atomic E-state index is 12.7. The van der Waals surface area contributed by atoms with Crippen LogP contribution in [0, 0.1) is 6.92 Å². The summed E-state index contributed by atoms with van der Waals surface area (Å²) in [6.07, 6.45) is -0.0992. The van der Waals surface area contributed by atoms with Gasteiger partial charge in [-0.3, -0.25) is 9.52 Å². The topological polar surface area (TPSA) is 101 Å². The first-order chi connectivity index (χ1) is 12.5. The van der Waals surface area contributed by atoms with Gasteiger partial charge in [0.1, 0.15) is 0 Å². The third kappa shape index (κ3) is 3.91. The van der Waals surface area contributed by atoms with Gasteiger partial charge in [-0.15, -0.1) is 0 Å². The van der Waals surface area contributed by atoms with Gasteiger partial charge in [0.2, 0.25) is 15.9 Å². The number of sulfonamides is 2. The number of benzene rings is 2. The zero-order chi connectivity index (χ0) is 20.0. The maximum absolute atomic E-state index is 12.7. The van der Waals surface area contributed by atoms with E-state index in [0.29, 0.717) is 9.33 Å². The highest BCUT2D eigenvalue weighted by atomic mass is 35.5. The van der Waals surface area contributed by atoms with Crippen molar-refractivity contribution in [1.29, 1.82) is 0 Å². The zero-order valence-electron chi connectivity index (χ0n) is 13.9. The molecule has 1 amide bonds. The van der Waals surface area contributed by atoms with E-state index >= 15 is 0 Å². The van der Waals surface area contributed by atoms with Crippen LogP contribution in [-0.2, 0) is 24.8 Å². The van der Waals surface area contributed by atoms with Crippen molar-refractivity contribution in [2.24, 2.45) is 0 Å². The molecule has 0 radical (unpaired) electrons. The number of halogens is 2. The van der Waals surface area contributed by atoms with Crippen LogP contribution in [-0.4, -0.2) is 28.5 Å². The average Bonchev–Trinajstić information content (AvgIpc) is 2.83. The Morgan fingerprint density at radius 1 is 1.11 bits per heavy atom. The van der Waals surface area contributed by atoms with E-state index in [4.69, 9.17) is 23.2 Å². The number of carbonyl (C=O) groups is 1. The largest absolute Gasteiger partial charge is 0.278 e. The van der Waals surface area contributed by atoms with Crippen molar-refractivity contribution < 1.29 is 21.6 Å². The minimum absolute atomic E-state index is 0.0682. The van der Waals surface area contributed by atoms with Crippen molar-refractivity contribution in [1.82, 2.24) is 0 Å². The highest BCUT2D eigenvalue weighted by Crippen LogP contribution is 2.31. The number of hydrogen-bond donors (Lipinski definition) is 1. The Balaban J connectivity index is 1.96. The molecule has 144 valence electrons. The smallest absolute Gasteiger partial charge is 0.262 e. The van der Waals surface area contributed by atoms with Gasteiger partial charge in [0, 0.05) is 11.4 Å². The van der Waals surface area contributed by atoms with Crippen molar-refractivity contribution in [3.8, 4) is 0 Å². The summed E-state index contributed by atoms with van der Waals surface area (Å²) < 4.78 is 52.5. The summed E-state index contributed by atoms with van der Waals surface area (Å²) >= 11 is 11.8. The Hall–Kier alpha value is -1.81. The molecule has 0 aromatic heterocycles. The van der Waals surface area contributed by atoms with Crippen LogP contribution in [0.15, 0.2) is 41.3 Å². The molecule has 0 saturated carbocycles. The molecule has 1 aliphatic rings. The molecule has 1 N–H and O–H groups in total. The summed E-state index contributed by atoms with van der Waals surface area (Å²) in [4.78, 5) is 11.8. The van der Waals surface area contributed by atoms with Gasteiger partial charge in [-0.2, -0.15) is 0 Å². The number of aryl methyl sites for hydroxylation is 1. The van der Waals surface area contributed by atoms with Gasteiger partial charge >= 0.3 is 0 Å². The molecule has 2 aromatic rings. The van der Waals surface area contributed by atoms with Crippen LogP contribution >= 0.6 is 23.2 Å². The third-order valence-electron chi connectivity index (χ3n) is 3.94. The van der Waals surface area contributed by atoms with Gasteiger partial charge in [0.05, 0.1) is 27.0 Å². The van der Waals surface area contributed by atoms with Crippen molar-refractivity contribution in [3.05, 3.63) is 52.0 Å². The Labute approximate surface area is 167 Å². The van der Waals surface area contributed by atoms with Crippen molar-refractivity contribution >= 4 is 60.5 Å². The van der Waals surface area contributed by atoms with E-state index in [9.17, 15) is 21.6 Å². The molecule has 0 atom stereocenters. The fourth-order valence-corrected chi connectivity index (χ4v) is 5.97. The Morgan fingerprint density at radius 2 is 1.81 bits per heavy atom. The summed E-state index contributed by atoms with van der Waals surface area (Å²) in [5, 5.41) is 0.495. The molecule has 1 fully saturated rings. The third-order valence-corrected chi connectivity index (χ3v) is 7.70. The van der Waals surface area contributed by atoms with Gasteiger partial charge in [0.15, 0.2) is 0 Å². The van der Waals surface area contributed by atoms with Crippen LogP contribution in [0.2, 0.25) is 10.0 Å². The molecule has 0 unspecified atom stereocenters. The summed E-state index contributed by atoms with van der Waals surface area (Å²) in [6, 6.07) is 8.20. The number of carbonyl (C=O) groups excluding carboxylic acids is 1. The fraction of sp³-hybridized carbons (Fsp3) is 0.188. The molecule has 0 spiro atoms. The molecule has 3 rings (SSSR count). The molecule has 0 aliphatic carbocycles. The molecule has 2 aromatic carbocycles. The molecular formula is C16H14Cl2N2O5S2. The van der Waals surface area contributed by atoms with Gasteiger partial charge in [-0.25, -0.2) is 21.1 Å². The number of rotatable bonds is 4. The first-order valence-corrected chi connectivity index (χ1v) is 11.5. The van der Waals surface area contributed by atoms with E-state index in [0.717, 1.165) is 0 Å². The lowest BCUT2D eigenvalue weighted by Gasteiger charge is -2.17. The van der Waals surface area contributed by atoms with Gasteiger partial charge in [0.25, 0.3) is 10.0 Å². The fourth-order valence-electron chi connectivity index (χ4n) is 2.70. The van der Waals surface area contributed by atoms with Crippen LogP contribution in [0.3, 0.4) is 0 Å². The zero-order valence-corrected chi connectivity index (χ0v) is 17.1. The normalized spacial score (nSPS) is 16.6. The average molecular weight is 449 g/mol. The predicted octanol–water partition coefficient (Wildman–Crippen LogP) is 3.17. The van der Waals surface area contributed by atoms with E-state index < -0.39 is 26.0 Å². The monoisotopic (exact) mass is 448 g/mol. The molecule has 1 saturated heterocycles. The molecule has 1 aliphatic heterocycles. The van der Waals surface area contributed by atoms with Gasteiger partial charge < -0.3 is 0 Å². The number of nitrogens with zero attached hydrogens (tertiary/aromatic N) is 1. The second-order valence-electron chi connectivity index (χ2n) is 5.90. The second-order valence-corrected chi connectivity index (χ2v) is 10.3. The highest BCUT2D eigenvalue weighted by Gasteiger charge is 2.36. The molecule has 1 heterocycles. The SMILES string of the molecule is Cc1cc(N2C(=O)CCS2(=O)=O)ccc1S(=O)(=O)Nc1ccc(Cl)cc1Cl. The molecule has 7 nitrogen and oxygen atoms in total. The van der Waals surface area contributed by atoms with Crippen LogP contribution < -0.4 is 9.03 Å². The predicted molar refractivity (Wildman–Crippen MR) is 104 cm³/mol. The Kier molecular flexibility index (Phi) is 5.15. The van der Waals surface area contributed by atoms with Crippen LogP contribution in [0.5, 0.6) is 0 Å². The minimum atomic E-state index is -3.99. The second kappa shape index (κ2) is 6.97. The van der Waals surface area contributed by atoms with E-state index in [1.807, 2.05) is 0 Å². The van der Waals surface area contributed by atoms with Crippen LogP contribution in [0.4, 0.5) is 11.4 Å². The quantitative estimate of drug-likeness (QED) is 0.773. The summed E-state index contributed by atoms with van der Waals surface area (Å²) in [7, 11) is -7.72. The summed E-state index contributed by atoms with van der Waals surface area (Å²) in [6.45, 7) is 1.51. The minimum Gasteiger partial charge on any atom is -0.278 e. The van der Waals surface area contributed by atoms with Gasteiger partial charge in [-0.05, 0) is 48.9 Å². The van der Waals surface area contributed by atoms with E-state index in [1.165, 1.54) is 43.3 Å². The summed E-state index contributed by atoms with van der Waals surface area (Å²) in [5.74, 6) is -0.808. The first-order valence-electron chi connectivity index (χ1n) is 7.66. The summed E-state index contributed by atoms with van der Waals surface area (Å²) in [5.41, 5.74) is 0.542. The number of amides is 1. The molecule has 27 heavy (non-hydrogen) atoms. The molecular weight excluding hydrogens is 435 g/mol. The van der Waals surface area contributed by atoms with Gasteiger partial charge in [-0.1, -0.05) is 23.2 Å². The van der Waals surface area contributed by atoms with Crippen LogP contribution in [0.25, 0.3) is 0 Å². The first kappa shape index (κ1) is 19.9. The van der Waals surface area contributed by atoms with Crippen molar-refractivity contribution in [3.63, 3.8) is 0 Å². The van der Waals surface area contributed by atoms with E-state index in [-0.39, 0.29) is 39.0 Å². The standard InChI is InChI=1S/C16H14Cl2N2O5S2/c1-10-8-12(20-16(21)6-7-26(20,22)23)3-5-15(10)27(24,25)19-14-4-2-11(17)9-13(14)18/h2-5,8-9,19H,6-7H2,1H3. The molecule has 0 bridgehead atoms. The lowest BCUT2D eigenvalue weighted by Crippen LogP contribution is -2.29. The van der Waals surface area contributed by atoms with E-state index in [2.05, 4.69) is 4.72 Å². The number of hydrogen-bond acceptors (Lipinski definition) is 5. The van der Waals surface area contributed by atoms with E-state index in [1.54, 1.807) is 0 Å². The van der Waals surface area contributed by atoms with Crippen molar-refractivity contribution in [2.45, 2.75) is 18.2 Å². The maximum Gasteiger partial charge on any atom is 0.262 e. The highest BCUT2D eigenvalue weighted by molar-refractivity contribution is 7.94. The van der Waals surface area contributed by atoms with Crippen LogP contribution in [0.1, 0.15) is 12.0 Å². The van der Waals surface area contributed by atoms with Crippen molar-refractivity contribution in [2.75, 3.05) is 14.8 Å². The number of anilines is 2. The Morgan fingerprint density at radius 3 is 2.37 bits per heavy atom. The number of nitrogens with one attached hydrogen (secondary N) is 1. The lowest BCUT2D eigenvalue weighted by atomic mass is 10.2. The lowest BCUT2D eigenvalue weighted by molar-refractivity contribution is -0.116. The molecule has 11 heteroatoms. The Bertz CT molecular complexity index is 1150.